The first-order chi connectivity index (χ1) is 16.0. The van der Waals surface area contributed by atoms with E-state index in [9.17, 15) is 10.4 Å². The van der Waals surface area contributed by atoms with Crippen LogP contribution < -0.4 is 15.4 Å². The molecule has 3 heterocycles. The van der Waals surface area contributed by atoms with Gasteiger partial charge in [0.2, 0.25) is 11.8 Å². The van der Waals surface area contributed by atoms with Gasteiger partial charge in [0.05, 0.1) is 30.2 Å². The van der Waals surface area contributed by atoms with E-state index in [1.807, 2.05) is 38.1 Å². The predicted octanol–water partition coefficient (Wildman–Crippen LogP) is 3.93. The third kappa shape index (κ3) is 4.20. The number of pyridine rings is 1. The molecule has 5 rings (SSSR count). The molecule has 33 heavy (non-hydrogen) atoms. The van der Waals surface area contributed by atoms with E-state index >= 15 is 0 Å². The van der Waals surface area contributed by atoms with Crippen LogP contribution in [-0.4, -0.2) is 39.8 Å². The van der Waals surface area contributed by atoms with Crippen LogP contribution in [0.5, 0.6) is 5.88 Å². The average molecular weight is 443 g/mol. The molecule has 2 aliphatic rings. The second-order valence-corrected chi connectivity index (χ2v) is 9.14. The standard InChI is InChI=1S/C25H26N6O2/c1-15-7-21(23(28-11-15)33-12-16-3-4-16)31-24-27-6-5-20(30-24)17-8-18(10-26)22-19(9-17)25(2,14-32)13-29-22/h5-9,11,16,29,32H,3-4,12-14H2,1-2H3,(H,27,30,31)/t25-/m1/s1. The highest BCUT2D eigenvalue weighted by Gasteiger charge is 2.36. The molecule has 8 heteroatoms. The SMILES string of the molecule is Cc1cnc(OCC2CC2)c(Nc2nccc(-c3cc(C#N)c4c(c3)[C@@](C)(CO)CN4)n2)c1. The van der Waals surface area contributed by atoms with Gasteiger partial charge in [0.25, 0.3) is 0 Å². The first-order valence-electron chi connectivity index (χ1n) is 11.1. The predicted molar refractivity (Wildman–Crippen MR) is 126 cm³/mol. The van der Waals surface area contributed by atoms with Crippen LogP contribution in [-0.2, 0) is 5.41 Å². The topological polar surface area (TPSA) is 116 Å². The van der Waals surface area contributed by atoms with Gasteiger partial charge >= 0.3 is 0 Å². The molecule has 0 bridgehead atoms. The monoisotopic (exact) mass is 442 g/mol. The van der Waals surface area contributed by atoms with Gasteiger partial charge in [-0.05, 0) is 61.1 Å². The molecule has 0 radical (unpaired) electrons. The molecule has 1 atom stereocenters. The Bertz CT molecular complexity index is 1250. The third-order valence-corrected chi connectivity index (χ3v) is 6.25. The van der Waals surface area contributed by atoms with Gasteiger partial charge in [-0.25, -0.2) is 15.0 Å². The highest BCUT2D eigenvalue weighted by Crippen LogP contribution is 2.41. The van der Waals surface area contributed by atoms with Crippen molar-refractivity contribution in [2.24, 2.45) is 5.92 Å². The zero-order valence-electron chi connectivity index (χ0n) is 18.7. The van der Waals surface area contributed by atoms with Gasteiger partial charge in [-0.15, -0.1) is 0 Å². The number of anilines is 3. The fourth-order valence-corrected chi connectivity index (χ4v) is 4.01. The molecule has 1 fully saturated rings. The number of aromatic nitrogens is 3. The molecular weight excluding hydrogens is 416 g/mol. The summed E-state index contributed by atoms with van der Waals surface area (Å²) in [5.74, 6) is 1.57. The number of nitrogens with one attached hydrogen (secondary N) is 2. The quantitative estimate of drug-likeness (QED) is 0.504. The van der Waals surface area contributed by atoms with Crippen molar-refractivity contribution < 1.29 is 9.84 Å². The van der Waals surface area contributed by atoms with Crippen molar-refractivity contribution in [2.75, 3.05) is 30.4 Å². The second-order valence-electron chi connectivity index (χ2n) is 9.14. The first kappa shape index (κ1) is 21.2. The van der Waals surface area contributed by atoms with E-state index < -0.39 is 5.41 Å². The van der Waals surface area contributed by atoms with E-state index in [2.05, 4.69) is 26.7 Å². The largest absolute Gasteiger partial charge is 0.476 e. The number of fused-ring (bicyclic) bond motifs is 1. The Balaban J connectivity index is 1.47. The highest BCUT2D eigenvalue weighted by molar-refractivity contribution is 5.76. The van der Waals surface area contributed by atoms with Crippen molar-refractivity contribution in [1.29, 1.82) is 5.26 Å². The molecule has 0 saturated heterocycles. The lowest BCUT2D eigenvalue weighted by atomic mass is 9.83. The third-order valence-electron chi connectivity index (χ3n) is 6.25. The number of ether oxygens (including phenoxy) is 1. The Hall–Kier alpha value is -3.70. The zero-order chi connectivity index (χ0) is 23.0. The minimum absolute atomic E-state index is 0.0120. The minimum Gasteiger partial charge on any atom is -0.476 e. The molecule has 1 aromatic carbocycles. The lowest BCUT2D eigenvalue weighted by molar-refractivity contribution is 0.219. The number of aryl methyl sites for hydroxylation is 1. The number of aliphatic hydroxyl groups excluding tert-OH is 1. The van der Waals surface area contributed by atoms with Gasteiger partial charge in [-0.3, -0.25) is 0 Å². The maximum absolute atomic E-state index is 9.96. The van der Waals surface area contributed by atoms with E-state index in [-0.39, 0.29) is 6.61 Å². The van der Waals surface area contributed by atoms with Crippen LogP contribution in [0.2, 0.25) is 0 Å². The molecule has 0 amide bonds. The van der Waals surface area contributed by atoms with Gasteiger partial charge in [0.1, 0.15) is 11.8 Å². The van der Waals surface area contributed by atoms with E-state index in [0.717, 1.165) is 28.1 Å². The number of hydrogen-bond donors (Lipinski definition) is 3. The summed E-state index contributed by atoms with van der Waals surface area (Å²) in [6.45, 7) is 5.19. The maximum atomic E-state index is 9.96. The van der Waals surface area contributed by atoms with Crippen LogP contribution in [0.4, 0.5) is 17.3 Å². The molecule has 0 spiro atoms. The second kappa shape index (κ2) is 8.34. The number of hydrogen-bond acceptors (Lipinski definition) is 8. The zero-order valence-corrected chi connectivity index (χ0v) is 18.7. The summed E-state index contributed by atoms with van der Waals surface area (Å²) in [5.41, 5.74) is 4.99. The van der Waals surface area contributed by atoms with Crippen molar-refractivity contribution >= 4 is 17.3 Å². The van der Waals surface area contributed by atoms with Crippen molar-refractivity contribution in [3.8, 4) is 23.2 Å². The van der Waals surface area contributed by atoms with Crippen LogP contribution >= 0.6 is 0 Å². The summed E-state index contributed by atoms with van der Waals surface area (Å²) in [7, 11) is 0. The Morgan fingerprint density at radius 2 is 2.15 bits per heavy atom. The van der Waals surface area contributed by atoms with E-state index in [1.54, 1.807) is 12.4 Å². The molecule has 1 saturated carbocycles. The molecule has 0 unspecified atom stereocenters. The molecule has 3 aromatic rings. The van der Waals surface area contributed by atoms with E-state index in [4.69, 9.17) is 9.72 Å². The summed E-state index contributed by atoms with van der Waals surface area (Å²) in [6.07, 6.45) is 5.87. The molecule has 1 aliphatic heterocycles. The fourth-order valence-electron chi connectivity index (χ4n) is 4.01. The molecular formula is C25H26N6O2. The van der Waals surface area contributed by atoms with E-state index in [1.165, 1.54) is 12.8 Å². The highest BCUT2D eigenvalue weighted by atomic mass is 16.5. The van der Waals surface area contributed by atoms with Crippen LogP contribution in [0.1, 0.15) is 36.5 Å². The minimum atomic E-state index is -0.452. The van der Waals surface area contributed by atoms with E-state index in [0.29, 0.717) is 42.2 Å². The maximum Gasteiger partial charge on any atom is 0.237 e. The Labute approximate surface area is 192 Å². The van der Waals surface area contributed by atoms with Crippen molar-refractivity contribution in [2.45, 2.75) is 32.1 Å². The van der Waals surface area contributed by atoms with Crippen molar-refractivity contribution in [1.82, 2.24) is 15.0 Å². The number of aliphatic hydroxyl groups is 1. The van der Waals surface area contributed by atoms with Gasteiger partial charge in [-0.1, -0.05) is 6.92 Å². The normalized spacial score (nSPS) is 18.8. The summed E-state index contributed by atoms with van der Waals surface area (Å²) in [6, 6.07) is 9.86. The van der Waals surface area contributed by atoms with Gasteiger partial charge < -0.3 is 20.5 Å². The molecule has 1 aliphatic carbocycles. The fraction of sp³-hybridized carbons (Fsp3) is 0.360. The Morgan fingerprint density at radius 3 is 2.91 bits per heavy atom. The number of rotatable bonds is 7. The van der Waals surface area contributed by atoms with Crippen molar-refractivity contribution in [3.05, 3.63) is 53.3 Å². The van der Waals surface area contributed by atoms with Crippen LogP contribution in [0.25, 0.3) is 11.3 Å². The molecule has 3 N–H and O–H groups in total. The van der Waals surface area contributed by atoms with Gasteiger partial charge in [0.15, 0.2) is 0 Å². The summed E-state index contributed by atoms with van der Waals surface area (Å²) >= 11 is 0. The van der Waals surface area contributed by atoms with Gasteiger partial charge in [0, 0.05) is 29.9 Å². The van der Waals surface area contributed by atoms with Crippen LogP contribution in [0.15, 0.2) is 36.7 Å². The molecule has 168 valence electrons. The number of nitrogens with zero attached hydrogens (tertiary/aromatic N) is 4. The number of benzene rings is 1. The first-order valence-corrected chi connectivity index (χ1v) is 11.1. The smallest absolute Gasteiger partial charge is 0.237 e. The number of nitriles is 1. The van der Waals surface area contributed by atoms with Crippen LogP contribution in [0, 0.1) is 24.2 Å². The summed E-state index contributed by atoms with van der Waals surface area (Å²) < 4.78 is 5.92. The van der Waals surface area contributed by atoms with Crippen molar-refractivity contribution in [3.63, 3.8) is 0 Å². The van der Waals surface area contributed by atoms with Gasteiger partial charge in [-0.2, -0.15) is 5.26 Å². The average Bonchev–Trinajstić information content (AvgIpc) is 3.60. The summed E-state index contributed by atoms with van der Waals surface area (Å²) in [5, 5.41) is 26.2. The molecule has 8 nitrogen and oxygen atoms in total. The Kier molecular flexibility index (Phi) is 5.35. The van der Waals surface area contributed by atoms with Crippen LogP contribution in [0.3, 0.4) is 0 Å². The lowest BCUT2D eigenvalue weighted by Crippen LogP contribution is -2.28. The lowest BCUT2D eigenvalue weighted by Gasteiger charge is -2.21. The molecule has 2 aromatic heterocycles. The Morgan fingerprint density at radius 1 is 1.30 bits per heavy atom. The summed E-state index contributed by atoms with van der Waals surface area (Å²) in [4.78, 5) is 13.5.